The first-order chi connectivity index (χ1) is 15.1. The molecule has 0 unspecified atom stereocenters. The van der Waals surface area contributed by atoms with Crippen molar-refractivity contribution in [3.63, 3.8) is 0 Å². The molecule has 1 aromatic heterocycles. The number of hydrogen-bond donors (Lipinski definition) is 2. The van der Waals surface area contributed by atoms with Crippen molar-refractivity contribution in [2.45, 2.75) is 44.6 Å². The van der Waals surface area contributed by atoms with Gasteiger partial charge >= 0.3 is 0 Å². The number of benzene rings is 2. The summed E-state index contributed by atoms with van der Waals surface area (Å²) >= 11 is 0. The van der Waals surface area contributed by atoms with E-state index in [0.717, 1.165) is 39.9 Å². The van der Waals surface area contributed by atoms with E-state index in [0.29, 0.717) is 19.0 Å². The van der Waals surface area contributed by atoms with Crippen molar-refractivity contribution in [3.8, 4) is 16.9 Å². The van der Waals surface area contributed by atoms with Gasteiger partial charge in [0.2, 0.25) is 5.91 Å². The molecule has 1 fully saturated rings. The van der Waals surface area contributed by atoms with E-state index in [1.165, 1.54) is 32.1 Å². The van der Waals surface area contributed by atoms with Crippen LogP contribution in [0.25, 0.3) is 22.0 Å². The zero-order valence-corrected chi connectivity index (χ0v) is 18.6. The summed E-state index contributed by atoms with van der Waals surface area (Å²) in [6, 6.07) is 15.1. The lowest BCUT2D eigenvalue weighted by Crippen LogP contribution is -2.39. The Morgan fingerprint density at radius 1 is 1.13 bits per heavy atom. The molecule has 0 spiro atoms. The highest BCUT2D eigenvalue weighted by Gasteiger charge is 2.17. The Balaban J connectivity index is 1.34. The number of aromatic nitrogens is 1. The van der Waals surface area contributed by atoms with Crippen LogP contribution in [0.15, 0.2) is 48.7 Å². The SMILES string of the molecule is COc1cccc(-c2ccc3c(CC(=O)NCCN(C)C4CCCCC4)c[nH]c3c2)c1. The second-order valence-corrected chi connectivity index (χ2v) is 8.61. The van der Waals surface area contributed by atoms with Crippen LogP contribution in [0.4, 0.5) is 0 Å². The third-order valence-corrected chi connectivity index (χ3v) is 6.51. The molecule has 5 heteroatoms. The smallest absolute Gasteiger partial charge is 0.224 e. The van der Waals surface area contributed by atoms with Gasteiger partial charge in [0.25, 0.3) is 0 Å². The summed E-state index contributed by atoms with van der Waals surface area (Å²) in [5.41, 5.74) is 4.30. The van der Waals surface area contributed by atoms with Crippen LogP contribution in [-0.4, -0.2) is 49.1 Å². The first-order valence-electron chi connectivity index (χ1n) is 11.4. The maximum atomic E-state index is 12.5. The molecule has 1 saturated carbocycles. The number of carbonyl (C=O) groups excluding carboxylic acids is 1. The molecule has 1 aliphatic carbocycles. The molecule has 0 bridgehead atoms. The standard InChI is InChI=1S/C26H33N3O2/c1-29(22-8-4-3-5-9-22)14-13-27-26(30)17-21-18-28-25-16-20(11-12-24(21)25)19-7-6-10-23(15-19)31-2/h6-7,10-12,15-16,18,22,28H,3-5,8-9,13-14,17H2,1-2H3,(H,27,30). The van der Waals surface area contributed by atoms with Crippen LogP contribution >= 0.6 is 0 Å². The molecule has 0 atom stereocenters. The second kappa shape index (κ2) is 10.0. The van der Waals surface area contributed by atoms with Gasteiger partial charge in [0, 0.05) is 36.2 Å². The molecule has 0 aliphatic heterocycles. The van der Waals surface area contributed by atoms with Crippen LogP contribution in [-0.2, 0) is 11.2 Å². The number of H-pyrrole nitrogens is 1. The number of likely N-dealkylation sites (N-methyl/N-ethyl adjacent to an activating group) is 1. The van der Waals surface area contributed by atoms with Gasteiger partial charge in [-0.3, -0.25) is 4.79 Å². The van der Waals surface area contributed by atoms with Crippen molar-refractivity contribution in [1.82, 2.24) is 15.2 Å². The minimum Gasteiger partial charge on any atom is -0.497 e. The number of methoxy groups -OCH3 is 1. The Labute approximate surface area is 184 Å². The fourth-order valence-corrected chi connectivity index (χ4v) is 4.63. The largest absolute Gasteiger partial charge is 0.497 e. The van der Waals surface area contributed by atoms with Crippen molar-refractivity contribution < 1.29 is 9.53 Å². The molecule has 2 N–H and O–H groups in total. The molecule has 164 valence electrons. The molecule has 1 amide bonds. The van der Waals surface area contributed by atoms with Gasteiger partial charge in [-0.1, -0.05) is 43.5 Å². The van der Waals surface area contributed by atoms with Crippen molar-refractivity contribution in [1.29, 1.82) is 0 Å². The fourth-order valence-electron chi connectivity index (χ4n) is 4.63. The van der Waals surface area contributed by atoms with E-state index in [1.54, 1.807) is 7.11 Å². The Morgan fingerprint density at radius 2 is 1.94 bits per heavy atom. The minimum atomic E-state index is 0.0785. The molecule has 0 saturated heterocycles. The van der Waals surface area contributed by atoms with E-state index in [1.807, 2.05) is 24.4 Å². The van der Waals surface area contributed by atoms with Crippen LogP contribution in [0.3, 0.4) is 0 Å². The maximum Gasteiger partial charge on any atom is 0.224 e. The molecule has 31 heavy (non-hydrogen) atoms. The summed E-state index contributed by atoms with van der Waals surface area (Å²) in [5, 5.41) is 4.20. The van der Waals surface area contributed by atoms with Crippen molar-refractivity contribution in [2.24, 2.45) is 0 Å². The van der Waals surface area contributed by atoms with Crippen LogP contribution < -0.4 is 10.1 Å². The highest BCUT2D eigenvalue weighted by molar-refractivity contribution is 5.91. The summed E-state index contributed by atoms with van der Waals surface area (Å²) in [6.45, 7) is 1.61. The number of amides is 1. The first-order valence-corrected chi connectivity index (χ1v) is 11.4. The van der Waals surface area contributed by atoms with E-state index in [2.05, 4.69) is 46.5 Å². The summed E-state index contributed by atoms with van der Waals surface area (Å²) in [7, 11) is 3.86. The Hall–Kier alpha value is -2.79. The van der Waals surface area contributed by atoms with Gasteiger partial charge in [0.15, 0.2) is 0 Å². The number of aromatic amines is 1. The number of ether oxygens (including phenoxy) is 1. The fraction of sp³-hybridized carbons (Fsp3) is 0.423. The molecule has 2 aromatic carbocycles. The second-order valence-electron chi connectivity index (χ2n) is 8.61. The Bertz CT molecular complexity index is 1020. The van der Waals surface area contributed by atoms with Crippen molar-refractivity contribution in [3.05, 3.63) is 54.2 Å². The van der Waals surface area contributed by atoms with Gasteiger partial charge in [-0.2, -0.15) is 0 Å². The number of hydrogen-bond acceptors (Lipinski definition) is 3. The molecule has 5 nitrogen and oxygen atoms in total. The normalized spacial score (nSPS) is 14.8. The number of nitrogens with one attached hydrogen (secondary N) is 2. The Morgan fingerprint density at radius 3 is 2.74 bits per heavy atom. The number of rotatable bonds is 8. The van der Waals surface area contributed by atoms with Crippen LogP contribution in [0, 0.1) is 0 Å². The summed E-state index contributed by atoms with van der Waals surface area (Å²) in [5.74, 6) is 0.922. The minimum absolute atomic E-state index is 0.0785. The van der Waals surface area contributed by atoms with Gasteiger partial charge in [-0.05, 0) is 54.8 Å². The average molecular weight is 420 g/mol. The third-order valence-electron chi connectivity index (χ3n) is 6.51. The lowest BCUT2D eigenvalue weighted by Gasteiger charge is -2.31. The number of fused-ring (bicyclic) bond motifs is 1. The number of nitrogens with zero attached hydrogens (tertiary/aromatic N) is 1. The van der Waals surface area contributed by atoms with E-state index in [4.69, 9.17) is 4.74 Å². The highest BCUT2D eigenvalue weighted by atomic mass is 16.5. The van der Waals surface area contributed by atoms with Gasteiger partial charge in [0.05, 0.1) is 13.5 Å². The van der Waals surface area contributed by atoms with E-state index in [-0.39, 0.29) is 5.91 Å². The topological polar surface area (TPSA) is 57.4 Å². The van der Waals surface area contributed by atoms with Crippen LogP contribution in [0.5, 0.6) is 5.75 Å². The monoisotopic (exact) mass is 419 g/mol. The predicted molar refractivity (Wildman–Crippen MR) is 127 cm³/mol. The first kappa shape index (κ1) is 21.4. The van der Waals surface area contributed by atoms with E-state index < -0.39 is 0 Å². The lowest BCUT2D eigenvalue weighted by atomic mass is 9.94. The summed E-state index contributed by atoms with van der Waals surface area (Å²) in [4.78, 5) is 18.3. The predicted octanol–water partition coefficient (Wildman–Crippen LogP) is 4.77. The zero-order chi connectivity index (χ0) is 21.6. The number of carbonyl (C=O) groups is 1. The van der Waals surface area contributed by atoms with Gasteiger partial charge < -0.3 is 19.9 Å². The van der Waals surface area contributed by atoms with Gasteiger partial charge in [-0.15, -0.1) is 0 Å². The van der Waals surface area contributed by atoms with E-state index in [9.17, 15) is 4.79 Å². The van der Waals surface area contributed by atoms with Gasteiger partial charge in [-0.25, -0.2) is 0 Å². The zero-order valence-electron chi connectivity index (χ0n) is 18.6. The summed E-state index contributed by atoms with van der Waals surface area (Å²) in [6.07, 6.45) is 8.96. The molecular formula is C26H33N3O2. The molecule has 3 aromatic rings. The van der Waals surface area contributed by atoms with Gasteiger partial charge in [0.1, 0.15) is 5.75 Å². The lowest BCUT2D eigenvalue weighted by molar-refractivity contribution is -0.120. The molecular weight excluding hydrogens is 386 g/mol. The highest BCUT2D eigenvalue weighted by Crippen LogP contribution is 2.28. The third kappa shape index (κ3) is 5.28. The average Bonchev–Trinajstić information content (AvgIpc) is 3.21. The maximum absolute atomic E-state index is 12.5. The Kier molecular flexibility index (Phi) is 6.92. The molecule has 0 radical (unpaired) electrons. The summed E-state index contributed by atoms with van der Waals surface area (Å²) < 4.78 is 5.34. The molecule has 1 heterocycles. The molecule has 1 aliphatic rings. The van der Waals surface area contributed by atoms with Crippen molar-refractivity contribution >= 4 is 16.8 Å². The quantitative estimate of drug-likeness (QED) is 0.553. The van der Waals surface area contributed by atoms with E-state index >= 15 is 0 Å². The van der Waals surface area contributed by atoms with Crippen LogP contribution in [0.2, 0.25) is 0 Å². The molecule has 4 rings (SSSR count). The van der Waals surface area contributed by atoms with Crippen LogP contribution in [0.1, 0.15) is 37.7 Å². The van der Waals surface area contributed by atoms with Crippen molar-refractivity contribution in [2.75, 3.05) is 27.2 Å².